The van der Waals surface area contributed by atoms with Gasteiger partial charge in [-0.25, -0.2) is 4.79 Å². The summed E-state index contributed by atoms with van der Waals surface area (Å²) < 4.78 is 16.4. The van der Waals surface area contributed by atoms with Crippen LogP contribution in [0.1, 0.15) is 68.1 Å². The largest absolute Gasteiger partial charge is 0.497 e. The van der Waals surface area contributed by atoms with E-state index in [0.29, 0.717) is 30.2 Å². The van der Waals surface area contributed by atoms with Gasteiger partial charge in [-0.15, -0.1) is 0 Å². The van der Waals surface area contributed by atoms with Crippen molar-refractivity contribution in [2.45, 2.75) is 71.1 Å². The third-order valence-electron chi connectivity index (χ3n) is 7.83. The summed E-state index contributed by atoms with van der Waals surface area (Å²) in [5, 5.41) is 3.03. The first-order chi connectivity index (χ1) is 17.0. The fraction of sp³-hybridized carbons (Fsp3) is 0.517. The summed E-state index contributed by atoms with van der Waals surface area (Å²) in [6.45, 7) is 11.2. The van der Waals surface area contributed by atoms with Crippen LogP contribution in [-0.2, 0) is 23.1 Å². The number of hydrogen-bond acceptors (Lipinski definition) is 5. The van der Waals surface area contributed by atoms with Gasteiger partial charge in [-0.1, -0.05) is 19.9 Å². The standard InChI is InChI=1S/C29H38N2O5/c1-18-24-15-19-8-9-20(26(32)30-17-21-10-11-22(34-6)16-25(21)35-7)14-23(19)29(18,5)12-13-31(24)27(33)36-28(2,3)4/h8-11,14,16,18,24H,12-13,15,17H2,1-7H3,(H,30,32)/t18-,24+,29+/m0/s1. The van der Waals surface area contributed by atoms with Crippen LogP contribution in [0.15, 0.2) is 36.4 Å². The van der Waals surface area contributed by atoms with Crippen LogP contribution in [0.25, 0.3) is 0 Å². The zero-order chi connectivity index (χ0) is 26.3. The monoisotopic (exact) mass is 494 g/mol. The SMILES string of the molecule is COc1ccc(CNC(=O)c2ccc3c(c2)[C@]2(C)CCN(C(=O)OC(C)(C)C)[C@H](C3)[C@@H]2C)c(OC)c1. The molecule has 2 bridgehead atoms. The predicted molar refractivity (Wildman–Crippen MR) is 139 cm³/mol. The number of ether oxygens (including phenoxy) is 3. The minimum Gasteiger partial charge on any atom is -0.497 e. The Bertz CT molecular complexity index is 1150. The number of nitrogens with one attached hydrogen (secondary N) is 1. The van der Waals surface area contributed by atoms with Gasteiger partial charge in [0.15, 0.2) is 0 Å². The maximum Gasteiger partial charge on any atom is 0.410 e. The Hall–Kier alpha value is -3.22. The highest BCUT2D eigenvalue weighted by Gasteiger charge is 2.50. The number of piperidine rings is 1. The molecule has 36 heavy (non-hydrogen) atoms. The Balaban J connectivity index is 1.53. The molecule has 0 aromatic heterocycles. The topological polar surface area (TPSA) is 77.1 Å². The minimum absolute atomic E-state index is 0.0771. The Morgan fingerprint density at radius 3 is 2.53 bits per heavy atom. The number of likely N-dealkylation sites (tertiary alicyclic amines) is 1. The van der Waals surface area contributed by atoms with Gasteiger partial charge in [0.1, 0.15) is 17.1 Å². The van der Waals surface area contributed by atoms with Gasteiger partial charge in [0.05, 0.1) is 14.2 Å². The van der Waals surface area contributed by atoms with E-state index in [-0.39, 0.29) is 29.4 Å². The summed E-state index contributed by atoms with van der Waals surface area (Å²) >= 11 is 0. The fourth-order valence-corrected chi connectivity index (χ4v) is 5.58. The molecule has 1 N–H and O–H groups in total. The van der Waals surface area contributed by atoms with Crippen LogP contribution in [-0.4, -0.2) is 49.3 Å². The van der Waals surface area contributed by atoms with Crippen LogP contribution in [0.2, 0.25) is 0 Å². The van der Waals surface area contributed by atoms with E-state index in [1.165, 1.54) is 11.1 Å². The van der Waals surface area contributed by atoms with Crippen LogP contribution in [0.4, 0.5) is 4.79 Å². The molecule has 1 fully saturated rings. The molecule has 7 nitrogen and oxygen atoms in total. The molecule has 2 aromatic rings. The normalized spacial score (nSPS) is 22.9. The van der Waals surface area contributed by atoms with Crippen molar-refractivity contribution in [1.29, 1.82) is 0 Å². The second-order valence-corrected chi connectivity index (χ2v) is 11.1. The van der Waals surface area contributed by atoms with Crippen molar-refractivity contribution < 1.29 is 23.8 Å². The first-order valence-corrected chi connectivity index (χ1v) is 12.6. The lowest BCUT2D eigenvalue weighted by molar-refractivity contribution is -0.0164. The first-order valence-electron chi connectivity index (χ1n) is 12.6. The van der Waals surface area contributed by atoms with E-state index in [9.17, 15) is 9.59 Å². The lowest BCUT2D eigenvalue weighted by Gasteiger charge is -2.54. The molecule has 1 aliphatic heterocycles. The molecule has 2 amide bonds. The molecule has 1 saturated heterocycles. The van der Waals surface area contributed by atoms with Crippen LogP contribution < -0.4 is 14.8 Å². The van der Waals surface area contributed by atoms with Gasteiger partial charge >= 0.3 is 6.09 Å². The number of carbonyl (C=O) groups excluding carboxylic acids is 2. The van der Waals surface area contributed by atoms with Crippen LogP contribution >= 0.6 is 0 Å². The molecule has 3 atom stereocenters. The van der Waals surface area contributed by atoms with Crippen molar-refractivity contribution in [1.82, 2.24) is 10.2 Å². The van der Waals surface area contributed by atoms with Crippen molar-refractivity contribution in [2.75, 3.05) is 20.8 Å². The third kappa shape index (κ3) is 4.88. The van der Waals surface area contributed by atoms with Crippen molar-refractivity contribution >= 4 is 12.0 Å². The number of benzene rings is 2. The lowest BCUT2D eigenvalue weighted by Crippen LogP contribution is -2.60. The van der Waals surface area contributed by atoms with Crippen LogP contribution in [0.5, 0.6) is 11.5 Å². The number of rotatable bonds is 5. The van der Waals surface area contributed by atoms with Gasteiger partial charge in [0.2, 0.25) is 0 Å². The number of carbonyl (C=O) groups is 2. The molecule has 0 saturated carbocycles. The maximum absolute atomic E-state index is 13.1. The summed E-state index contributed by atoms with van der Waals surface area (Å²) in [7, 11) is 3.21. The van der Waals surface area contributed by atoms with Gasteiger partial charge in [-0.2, -0.15) is 0 Å². The number of methoxy groups -OCH3 is 2. The highest BCUT2D eigenvalue weighted by molar-refractivity contribution is 5.94. The van der Waals surface area contributed by atoms with E-state index in [2.05, 4.69) is 19.2 Å². The van der Waals surface area contributed by atoms with E-state index >= 15 is 0 Å². The molecule has 4 rings (SSSR count). The predicted octanol–water partition coefficient (Wildman–Crippen LogP) is 5.09. The molecule has 0 unspecified atom stereocenters. The highest BCUT2D eigenvalue weighted by Crippen LogP contribution is 2.49. The molecule has 2 aliphatic rings. The quantitative estimate of drug-likeness (QED) is 0.626. The zero-order valence-electron chi connectivity index (χ0n) is 22.4. The van der Waals surface area contributed by atoms with E-state index < -0.39 is 5.60 Å². The van der Waals surface area contributed by atoms with Gasteiger partial charge in [0, 0.05) is 36.3 Å². The van der Waals surface area contributed by atoms with Crippen molar-refractivity contribution in [2.24, 2.45) is 5.92 Å². The summed E-state index contributed by atoms with van der Waals surface area (Å²) in [4.78, 5) is 27.9. The number of amides is 2. The molecule has 0 spiro atoms. The molecular formula is C29H38N2O5. The summed E-state index contributed by atoms with van der Waals surface area (Å²) in [5.41, 5.74) is 3.29. The Morgan fingerprint density at radius 1 is 1.11 bits per heavy atom. The highest BCUT2D eigenvalue weighted by atomic mass is 16.6. The molecule has 1 aliphatic carbocycles. The van der Waals surface area contributed by atoms with Gasteiger partial charge < -0.3 is 24.4 Å². The molecule has 0 radical (unpaired) electrons. The Kier molecular flexibility index (Phi) is 6.95. The van der Waals surface area contributed by atoms with E-state index in [4.69, 9.17) is 14.2 Å². The number of nitrogens with zero attached hydrogens (tertiary/aromatic N) is 1. The van der Waals surface area contributed by atoms with Gasteiger partial charge in [-0.3, -0.25) is 4.79 Å². The van der Waals surface area contributed by atoms with E-state index in [1.54, 1.807) is 14.2 Å². The summed E-state index contributed by atoms with van der Waals surface area (Å²) in [5.74, 6) is 1.49. The van der Waals surface area contributed by atoms with Gasteiger partial charge in [0.25, 0.3) is 5.91 Å². The fourth-order valence-electron chi connectivity index (χ4n) is 5.58. The molecule has 2 aromatic carbocycles. The van der Waals surface area contributed by atoms with Crippen LogP contribution in [0, 0.1) is 5.92 Å². The molecule has 194 valence electrons. The average Bonchev–Trinajstić information content (AvgIpc) is 2.83. The van der Waals surface area contributed by atoms with Crippen molar-refractivity contribution in [3.05, 3.63) is 58.7 Å². The van der Waals surface area contributed by atoms with Gasteiger partial charge in [-0.05, 0) is 80.3 Å². The zero-order valence-corrected chi connectivity index (χ0v) is 22.4. The summed E-state index contributed by atoms with van der Waals surface area (Å²) in [6.07, 6.45) is 1.34. The molecular weight excluding hydrogens is 456 g/mol. The third-order valence-corrected chi connectivity index (χ3v) is 7.83. The van der Waals surface area contributed by atoms with E-state index in [1.807, 2.05) is 62.1 Å². The maximum atomic E-state index is 13.1. The minimum atomic E-state index is -0.522. The smallest absolute Gasteiger partial charge is 0.410 e. The van der Waals surface area contributed by atoms with Crippen LogP contribution in [0.3, 0.4) is 0 Å². The second-order valence-electron chi connectivity index (χ2n) is 11.1. The Labute approximate surface area is 214 Å². The van der Waals surface area contributed by atoms with Crippen molar-refractivity contribution in [3.63, 3.8) is 0 Å². The molecule has 1 heterocycles. The molecule has 7 heteroatoms. The Morgan fingerprint density at radius 2 is 1.86 bits per heavy atom. The van der Waals surface area contributed by atoms with Crippen molar-refractivity contribution in [3.8, 4) is 11.5 Å². The second kappa shape index (κ2) is 9.68. The van der Waals surface area contributed by atoms with E-state index in [0.717, 1.165) is 18.4 Å². The number of fused-ring (bicyclic) bond motifs is 4. The lowest BCUT2D eigenvalue weighted by atomic mass is 9.59. The average molecular weight is 495 g/mol. The first kappa shape index (κ1) is 25.9. The summed E-state index contributed by atoms with van der Waals surface area (Å²) in [6, 6.07) is 11.6. The number of hydrogen-bond donors (Lipinski definition) is 1.